The number of carbonyl (C=O) groups is 2. The van der Waals surface area contributed by atoms with Gasteiger partial charge in [-0.3, -0.25) is 9.59 Å². The lowest BCUT2D eigenvalue weighted by atomic mass is 9.53. The maximum atomic E-state index is 12.8. The van der Waals surface area contributed by atoms with Crippen molar-refractivity contribution in [2.45, 2.75) is 65.2 Å². The highest BCUT2D eigenvalue weighted by Gasteiger charge is 2.53. The van der Waals surface area contributed by atoms with Gasteiger partial charge in [0.1, 0.15) is 0 Å². The van der Waals surface area contributed by atoms with Gasteiger partial charge in [0.15, 0.2) is 0 Å². The van der Waals surface area contributed by atoms with Gasteiger partial charge in [-0.25, -0.2) is 0 Å². The molecule has 4 heteroatoms. The maximum absolute atomic E-state index is 12.8. The van der Waals surface area contributed by atoms with Gasteiger partial charge < -0.3 is 9.80 Å². The molecule has 4 nitrogen and oxygen atoms in total. The average Bonchev–Trinajstić information content (AvgIpc) is 2.59. The highest BCUT2D eigenvalue weighted by Crippen LogP contribution is 2.53. The van der Waals surface area contributed by atoms with Crippen molar-refractivity contribution in [3.8, 4) is 0 Å². The second-order valence-electron chi connectivity index (χ2n) is 8.34. The molecular weight excluding hydrogens is 288 g/mol. The standard InChI is InChI=1S/C19H32N2O2/c1-19(2)15(14-17(22)20-9-5-3-6-10-20)13-16(19)18(23)21-11-7-4-8-12-21/h15-16H,3-14H2,1-2H3. The molecule has 2 heterocycles. The Morgan fingerprint density at radius 3 is 1.91 bits per heavy atom. The first-order valence-corrected chi connectivity index (χ1v) is 9.56. The molecule has 1 saturated carbocycles. The van der Waals surface area contributed by atoms with Crippen LogP contribution < -0.4 is 0 Å². The van der Waals surface area contributed by atoms with Crippen molar-refractivity contribution in [1.82, 2.24) is 9.80 Å². The van der Waals surface area contributed by atoms with Crippen LogP contribution in [0.3, 0.4) is 0 Å². The molecule has 0 bridgehead atoms. The molecule has 2 amide bonds. The third kappa shape index (κ3) is 3.41. The van der Waals surface area contributed by atoms with Gasteiger partial charge in [0.05, 0.1) is 0 Å². The Hall–Kier alpha value is -1.06. The minimum Gasteiger partial charge on any atom is -0.343 e. The van der Waals surface area contributed by atoms with Crippen LogP contribution in [0.1, 0.15) is 65.2 Å². The summed E-state index contributed by atoms with van der Waals surface area (Å²) in [6, 6.07) is 0. The van der Waals surface area contributed by atoms with E-state index in [1.807, 2.05) is 4.90 Å². The molecule has 3 aliphatic rings. The van der Waals surface area contributed by atoms with Crippen LogP contribution >= 0.6 is 0 Å². The topological polar surface area (TPSA) is 40.6 Å². The molecule has 0 N–H and O–H groups in total. The lowest BCUT2D eigenvalue weighted by Crippen LogP contribution is -2.55. The number of piperidine rings is 2. The zero-order valence-electron chi connectivity index (χ0n) is 14.9. The van der Waals surface area contributed by atoms with Crippen molar-refractivity contribution >= 4 is 11.8 Å². The van der Waals surface area contributed by atoms with Crippen molar-refractivity contribution in [1.29, 1.82) is 0 Å². The summed E-state index contributed by atoms with van der Waals surface area (Å²) in [6.45, 7) is 8.12. The highest BCUT2D eigenvalue weighted by atomic mass is 16.2. The van der Waals surface area contributed by atoms with E-state index >= 15 is 0 Å². The van der Waals surface area contributed by atoms with Gasteiger partial charge in [0, 0.05) is 38.5 Å². The summed E-state index contributed by atoms with van der Waals surface area (Å²) in [4.78, 5) is 29.4. The summed E-state index contributed by atoms with van der Waals surface area (Å²) in [5.74, 6) is 1.15. The van der Waals surface area contributed by atoms with Crippen LogP contribution in [0, 0.1) is 17.3 Å². The van der Waals surface area contributed by atoms with E-state index in [1.165, 1.54) is 12.8 Å². The molecule has 2 aliphatic heterocycles. The first-order valence-electron chi connectivity index (χ1n) is 9.56. The fourth-order valence-electron chi connectivity index (χ4n) is 4.60. The molecule has 3 rings (SSSR count). The average molecular weight is 320 g/mol. The molecule has 2 saturated heterocycles. The molecule has 130 valence electrons. The third-order valence-corrected chi connectivity index (χ3v) is 6.57. The van der Waals surface area contributed by atoms with E-state index in [0.717, 1.165) is 58.3 Å². The van der Waals surface area contributed by atoms with Crippen LogP contribution in [0.4, 0.5) is 0 Å². The predicted octanol–water partition coefficient (Wildman–Crippen LogP) is 3.06. The van der Waals surface area contributed by atoms with Gasteiger partial charge in [-0.15, -0.1) is 0 Å². The molecule has 1 aliphatic carbocycles. The lowest BCUT2D eigenvalue weighted by Gasteiger charge is -2.53. The number of hydrogen-bond donors (Lipinski definition) is 0. The maximum Gasteiger partial charge on any atom is 0.226 e. The highest BCUT2D eigenvalue weighted by molar-refractivity contribution is 5.82. The summed E-state index contributed by atoms with van der Waals surface area (Å²) < 4.78 is 0. The van der Waals surface area contributed by atoms with Gasteiger partial charge in [-0.1, -0.05) is 13.8 Å². The molecule has 3 fully saturated rings. The van der Waals surface area contributed by atoms with E-state index in [9.17, 15) is 9.59 Å². The Labute approximate surface area is 140 Å². The van der Waals surface area contributed by atoms with Crippen molar-refractivity contribution in [2.75, 3.05) is 26.2 Å². The Bertz CT molecular complexity index is 448. The van der Waals surface area contributed by atoms with E-state index in [0.29, 0.717) is 24.2 Å². The van der Waals surface area contributed by atoms with Crippen molar-refractivity contribution in [2.24, 2.45) is 17.3 Å². The van der Waals surface area contributed by atoms with Gasteiger partial charge in [0.2, 0.25) is 11.8 Å². The van der Waals surface area contributed by atoms with E-state index in [1.54, 1.807) is 0 Å². The van der Waals surface area contributed by atoms with Crippen LogP contribution in [0.5, 0.6) is 0 Å². The SMILES string of the molecule is CC1(C)C(CC(=O)N2CCCCC2)CC1C(=O)N1CCCCC1. The third-order valence-electron chi connectivity index (χ3n) is 6.57. The number of rotatable bonds is 3. The largest absolute Gasteiger partial charge is 0.343 e. The quantitative estimate of drug-likeness (QED) is 0.802. The molecule has 0 radical (unpaired) electrons. The first kappa shape index (κ1) is 16.8. The second kappa shape index (κ2) is 6.82. The van der Waals surface area contributed by atoms with Gasteiger partial charge in [-0.05, 0) is 56.3 Å². The first-order chi connectivity index (χ1) is 11.0. The summed E-state index contributed by atoms with van der Waals surface area (Å²) in [5, 5.41) is 0. The van der Waals surface area contributed by atoms with Crippen LogP contribution in [0.15, 0.2) is 0 Å². The fourth-order valence-corrected chi connectivity index (χ4v) is 4.60. The number of amides is 2. The fraction of sp³-hybridized carbons (Fsp3) is 0.895. The summed E-state index contributed by atoms with van der Waals surface area (Å²) in [6.07, 6.45) is 8.64. The van der Waals surface area contributed by atoms with E-state index < -0.39 is 0 Å². The summed E-state index contributed by atoms with van der Waals surface area (Å²) in [5.41, 5.74) is -0.0278. The number of carbonyl (C=O) groups excluding carboxylic acids is 2. The Morgan fingerprint density at radius 2 is 1.39 bits per heavy atom. The monoisotopic (exact) mass is 320 g/mol. The Morgan fingerprint density at radius 1 is 0.870 bits per heavy atom. The Kier molecular flexibility index (Phi) is 4.98. The molecule has 0 aromatic heterocycles. The predicted molar refractivity (Wildman–Crippen MR) is 90.9 cm³/mol. The molecule has 0 spiro atoms. The van der Waals surface area contributed by atoms with Crippen LogP contribution in [0.25, 0.3) is 0 Å². The molecule has 0 aromatic rings. The zero-order valence-corrected chi connectivity index (χ0v) is 14.9. The van der Waals surface area contributed by atoms with Gasteiger partial charge in [0.25, 0.3) is 0 Å². The number of likely N-dealkylation sites (tertiary alicyclic amines) is 2. The van der Waals surface area contributed by atoms with Crippen LogP contribution in [0.2, 0.25) is 0 Å². The normalized spacial score (nSPS) is 30.7. The lowest BCUT2D eigenvalue weighted by molar-refractivity contribution is -0.157. The van der Waals surface area contributed by atoms with E-state index in [2.05, 4.69) is 18.7 Å². The van der Waals surface area contributed by atoms with Crippen LogP contribution in [-0.2, 0) is 9.59 Å². The van der Waals surface area contributed by atoms with Crippen molar-refractivity contribution in [3.63, 3.8) is 0 Å². The molecular formula is C19H32N2O2. The minimum absolute atomic E-state index is 0.0278. The van der Waals surface area contributed by atoms with E-state index in [-0.39, 0.29) is 11.3 Å². The molecule has 23 heavy (non-hydrogen) atoms. The number of hydrogen-bond acceptors (Lipinski definition) is 2. The van der Waals surface area contributed by atoms with Crippen LogP contribution in [-0.4, -0.2) is 47.8 Å². The molecule has 2 atom stereocenters. The van der Waals surface area contributed by atoms with E-state index in [4.69, 9.17) is 0 Å². The zero-order chi connectivity index (χ0) is 16.4. The second-order valence-corrected chi connectivity index (χ2v) is 8.34. The number of nitrogens with zero attached hydrogens (tertiary/aromatic N) is 2. The molecule has 0 aromatic carbocycles. The van der Waals surface area contributed by atoms with Crippen molar-refractivity contribution < 1.29 is 9.59 Å². The smallest absolute Gasteiger partial charge is 0.226 e. The van der Waals surface area contributed by atoms with Crippen molar-refractivity contribution in [3.05, 3.63) is 0 Å². The Balaban J connectivity index is 1.53. The van der Waals surface area contributed by atoms with Gasteiger partial charge >= 0.3 is 0 Å². The minimum atomic E-state index is -0.0278. The molecule has 2 unspecified atom stereocenters. The summed E-state index contributed by atoms with van der Waals surface area (Å²) in [7, 11) is 0. The summed E-state index contributed by atoms with van der Waals surface area (Å²) >= 11 is 0. The van der Waals surface area contributed by atoms with Gasteiger partial charge in [-0.2, -0.15) is 0 Å².